The summed E-state index contributed by atoms with van der Waals surface area (Å²) in [6.45, 7) is 1.97. The summed E-state index contributed by atoms with van der Waals surface area (Å²) in [5, 5.41) is 11.4. The van der Waals surface area contributed by atoms with E-state index in [9.17, 15) is 10.1 Å². The van der Waals surface area contributed by atoms with E-state index in [-0.39, 0.29) is 10.9 Å². The standard InChI is InChI=1S/C8H8BrClN2O2S/c1-5(3-10)15-8-7(9)2-6(4-11-8)12(13)14/h2,4-5H,3H2,1H3. The summed E-state index contributed by atoms with van der Waals surface area (Å²) in [4.78, 5) is 14.0. The van der Waals surface area contributed by atoms with Crippen molar-refractivity contribution in [2.45, 2.75) is 17.2 Å². The Morgan fingerprint density at radius 1 is 1.80 bits per heavy atom. The smallest absolute Gasteiger partial charge is 0.258 e. The van der Waals surface area contributed by atoms with Gasteiger partial charge in [0.2, 0.25) is 0 Å². The predicted octanol–water partition coefficient (Wildman–Crippen LogP) is 3.47. The molecular formula is C8H8BrClN2O2S. The third-order valence-corrected chi connectivity index (χ3v) is 4.16. The number of nitro groups is 1. The summed E-state index contributed by atoms with van der Waals surface area (Å²) in [5.41, 5.74) is -0.0234. The van der Waals surface area contributed by atoms with Crippen molar-refractivity contribution in [1.82, 2.24) is 4.98 Å². The maximum Gasteiger partial charge on any atom is 0.288 e. The fourth-order valence-corrected chi connectivity index (χ4v) is 2.36. The number of hydrogen-bond acceptors (Lipinski definition) is 4. The molecule has 0 amide bonds. The molecule has 1 heterocycles. The fourth-order valence-electron chi connectivity index (χ4n) is 0.824. The van der Waals surface area contributed by atoms with Gasteiger partial charge in [0, 0.05) is 17.2 Å². The highest BCUT2D eigenvalue weighted by Gasteiger charge is 2.12. The third-order valence-electron chi connectivity index (χ3n) is 1.53. The molecule has 1 rings (SSSR count). The summed E-state index contributed by atoms with van der Waals surface area (Å²) in [7, 11) is 0. The molecule has 4 nitrogen and oxygen atoms in total. The van der Waals surface area contributed by atoms with E-state index >= 15 is 0 Å². The highest BCUT2D eigenvalue weighted by Crippen LogP contribution is 2.31. The molecule has 1 aromatic heterocycles. The zero-order valence-electron chi connectivity index (χ0n) is 7.81. The van der Waals surface area contributed by atoms with Gasteiger partial charge in [0.05, 0.1) is 9.40 Å². The first-order valence-corrected chi connectivity index (χ1v) is 6.28. The van der Waals surface area contributed by atoms with E-state index in [1.165, 1.54) is 24.0 Å². The number of halogens is 2. The molecule has 15 heavy (non-hydrogen) atoms. The van der Waals surface area contributed by atoms with Crippen LogP contribution in [0.15, 0.2) is 21.8 Å². The monoisotopic (exact) mass is 310 g/mol. The average Bonchev–Trinajstić information content (AvgIpc) is 2.20. The Morgan fingerprint density at radius 2 is 2.47 bits per heavy atom. The highest BCUT2D eigenvalue weighted by atomic mass is 79.9. The van der Waals surface area contributed by atoms with E-state index in [2.05, 4.69) is 20.9 Å². The molecule has 0 aliphatic heterocycles. The van der Waals surface area contributed by atoms with Gasteiger partial charge in [-0.2, -0.15) is 0 Å². The molecule has 0 spiro atoms. The molecule has 0 fully saturated rings. The second-order valence-corrected chi connectivity index (χ2v) is 5.41. The fraction of sp³-hybridized carbons (Fsp3) is 0.375. The van der Waals surface area contributed by atoms with Crippen molar-refractivity contribution in [2.24, 2.45) is 0 Å². The van der Waals surface area contributed by atoms with Crippen LogP contribution >= 0.6 is 39.3 Å². The molecule has 0 aromatic carbocycles. The summed E-state index contributed by atoms with van der Waals surface area (Å²) in [5.74, 6) is 0.510. The topological polar surface area (TPSA) is 56.0 Å². The minimum atomic E-state index is -0.475. The summed E-state index contributed by atoms with van der Waals surface area (Å²) < 4.78 is 0.624. The lowest BCUT2D eigenvalue weighted by Crippen LogP contribution is -1.98. The third kappa shape index (κ3) is 3.62. The van der Waals surface area contributed by atoms with Crippen molar-refractivity contribution in [3.63, 3.8) is 0 Å². The van der Waals surface area contributed by atoms with Crippen LogP contribution in [0.25, 0.3) is 0 Å². The molecular weight excluding hydrogens is 304 g/mol. The van der Waals surface area contributed by atoms with E-state index in [4.69, 9.17) is 11.6 Å². The van der Waals surface area contributed by atoms with Crippen LogP contribution in [0.3, 0.4) is 0 Å². The molecule has 1 unspecified atom stereocenters. The van der Waals surface area contributed by atoms with Crippen molar-refractivity contribution < 1.29 is 4.92 Å². The van der Waals surface area contributed by atoms with E-state index in [0.29, 0.717) is 15.4 Å². The Labute approximate surface area is 105 Å². The molecule has 0 saturated heterocycles. The zero-order chi connectivity index (χ0) is 11.4. The SMILES string of the molecule is CC(CCl)Sc1ncc([N+](=O)[O-])cc1Br. The molecule has 0 aliphatic rings. The Morgan fingerprint density at radius 3 is 2.93 bits per heavy atom. The van der Waals surface area contributed by atoms with E-state index in [1.54, 1.807) is 0 Å². The normalized spacial score (nSPS) is 12.5. The lowest BCUT2D eigenvalue weighted by Gasteiger charge is -2.07. The summed E-state index contributed by atoms with van der Waals surface area (Å²) >= 11 is 10.4. The maximum absolute atomic E-state index is 10.5. The van der Waals surface area contributed by atoms with Crippen LogP contribution in [0.2, 0.25) is 0 Å². The van der Waals surface area contributed by atoms with Crippen LogP contribution in [-0.2, 0) is 0 Å². The number of thioether (sulfide) groups is 1. The van der Waals surface area contributed by atoms with E-state index < -0.39 is 4.92 Å². The van der Waals surface area contributed by atoms with Crippen LogP contribution in [0.5, 0.6) is 0 Å². The van der Waals surface area contributed by atoms with Gasteiger partial charge in [0.25, 0.3) is 5.69 Å². The van der Waals surface area contributed by atoms with Crippen LogP contribution in [0, 0.1) is 10.1 Å². The van der Waals surface area contributed by atoms with Crippen molar-refractivity contribution in [3.05, 3.63) is 26.9 Å². The number of aromatic nitrogens is 1. The second kappa shape index (κ2) is 5.67. The van der Waals surface area contributed by atoms with Gasteiger partial charge in [0.1, 0.15) is 11.2 Å². The van der Waals surface area contributed by atoms with Gasteiger partial charge in [-0.15, -0.1) is 23.4 Å². The number of pyridine rings is 1. The van der Waals surface area contributed by atoms with Crippen LogP contribution in [-0.4, -0.2) is 21.0 Å². The lowest BCUT2D eigenvalue weighted by atomic mass is 10.4. The molecule has 82 valence electrons. The van der Waals surface area contributed by atoms with Crippen molar-refractivity contribution in [1.29, 1.82) is 0 Å². The molecule has 0 saturated carbocycles. The minimum Gasteiger partial charge on any atom is -0.258 e. The van der Waals surface area contributed by atoms with Crippen LogP contribution < -0.4 is 0 Å². The van der Waals surface area contributed by atoms with Crippen molar-refractivity contribution in [2.75, 3.05) is 5.88 Å². The Hall–Kier alpha value is -0.330. The second-order valence-electron chi connectivity index (χ2n) is 2.82. The Bertz CT molecular complexity index is 378. The average molecular weight is 312 g/mol. The number of rotatable bonds is 4. The molecule has 0 radical (unpaired) electrons. The quantitative estimate of drug-likeness (QED) is 0.370. The summed E-state index contributed by atoms with van der Waals surface area (Å²) in [6.07, 6.45) is 1.24. The number of alkyl halides is 1. The first-order valence-electron chi connectivity index (χ1n) is 4.07. The number of hydrogen-bond donors (Lipinski definition) is 0. The molecule has 0 N–H and O–H groups in total. The Kier molecular flexibility index (Phi) is 4.82. The lowest BCUT2D eigenvalue weighted by molar-refractivity contribution is -0.385. The largest absolute Gasteiger partial charge is 0.288 e. The van der Waals surface area contributed by atoms with Gasteiger partial charge in [0.15, 0.2) is 0 Å². The molecule has 0 aliphatic carbocycles. The van der Waals surface area contributed by atoms with Gasteiger partial charge < -0.3 is 0 Å². The molecule has 7 heteroatoms. The maximum atomic E-state index is 10.5. The molecule has 1 atom stereocenters. The van der Waals surface area contributed by atoms with Gasteiger partial charge >= 0.3 is 0 Å². The van der Waals surface area contributed by atoms with Crippen molar-refractivity contribution >= 4 is 45.0 Å². The number of nitrogens with zero attached hydrogens (tertiary/aromatic N) is 2. The van der Waals surface area contributed by atoms with Gasteiger partial charge in [-0.25, -0.2) is 4.98 Å². The predicted molar refractivity (Wildman–Crippen MR) is 64.6 cm³/mol. The first kappa shape index (κ1) is 12.7. The van der Waals surface area contributed by atoms with Crippen LogP contribution in [0.4, 0.5) is 5.69 Å². The Balaban J connectivity index is 2.88. The van der Waals surface area contributed by atoms with Gasteiger partial charge in [-0.1, -0.05) is 6.92 Å². The van der Waals surface area contributed by atoms with E-state index in [1.807, 2.05) is 6.92 Å². The van der Waals surface area contributed by atoms with E-state index in [0.717, 1.165) is 0 Å². The zero-order valence-corrected chi connectivity index (χ0v) is 11.0. The van der Waals surface area contributed by atoms with Gasteiger partial charge in [-0.05, 0) is 15.9 Å². The minimum absolute atomic E-state index is 0.0234. The first-order chi connectivity index (χ1) is 7.04. The summed E-state index contributed by atoms with van der Waals surface area (Å²) in [6, 6.07) is 1.44. The van der Waals surface area contributed by atoms with Crippen molar-refractivity contribution in [3.8, 4) is 0 Å². The highest BCUT2D eigenvalue weighted by molar-refractivity contribution is 9.10. The van der Waals surface area contributed by atoms with Crippen LogP contribution in [0.1, 0.15) is 6.92 Å². The molecule has 0 bridgehead atoms. The van der Waals surface area contributed by atoms with Gasteiger partial charge in [-0.3, -0.25) is 10.1 Å². The molecule has 1 aromatic rings.